The predicted octanol–water partition coefficient (Wildman–Crippen LogP) is 1.65. The molecule has 0 aromatic rings. The lowest BCUT2D eigenvalue weighted by Gasteiger charge is -2.22. The molecule has 0 aromatic carbocycles. The van der Waals surface area contributed by atoms with Gasteiger partial charge < -0.3 is 10.5 Å². The Bertz CT molecular complexity index is 349. The Balaban J connectivity index is 2.01. The molecule has 3 rings (SSSR count). The molecule has 0 radical (unpaired) electrons. The van der Waals surface area contributed by atoms with Crippen molar-refractivity contribution in [3.8, 4) is 0 Å². The topological polar surface area (TPSA) is 35.2 Å². The van der Waals surface area contributed by atoms with Crippen LogP contribution in [0.25, 0.3) is 0 Å². The molecule has 0 bridgehead atoms. The van der Waals surface area contributed by atoms with Crippen LogP contribution in [0.2, 0.25) is 0 Å². The number of hydrogen-bond acceptors (Lipinski definition) is 2. The van der Waals surface area contributed by atoms with Gasteiger partial charge in [-0.15, -0.1) is 0 Å². The number of ether oxygens (including phenoxy) is 1. The van der Waals surface area contributed by atoms with E-state index in [2.05, 4.69) is 12.2 Å². The second-order valence-corrected chi connectivity index (χ2v) is 3.89. The second-order valence-electron chi connectivity index (χ2n) is 3.89. The van der Waals surface area contributed by atoms with Crippen LogP contribution in [0.1, 0.15) is 19.3 Å². The minimum absolute atomic E-state index is 0.0278. The van der Waals surface area contributed by atoms with E-state index < -0.39 is 0 Å². The quantitative estimate of drug-likeness (QED) is 0.607. The van der Waals surface area contributed by atoms with Gasteiger partial charge in [0.1, 0.15) is 5.76 Å². The molecule has 2 N–H and O–H groups in total. The van der Waals surface area contributed by atoms with E-state index >= 15 is 0 Å². The van der Waals surface area contributed by atoms with Crippen LogP contribution in [0.4, 0.5) is 0 Å². The SMILES string of the molecule is NC1C2=C(CC=C2)CC2=C1OCC2. The van der Waals surface area contributed by atoms with E-state index in [1.165, 1.54) is 16.7 Å². The van der Waals surface area contributed by atoms with Crippen molar-refractivity contribution < 1.29 is 4.74 Å². The largest absolute Gasteiger partial charge is 0.496 e. The van der Waals surface area contributed by atoms with E-state index in [1.54, 1.807) is 0 Å². The van der Waals surface area contributed by atoms with E-state index in [0.717, 1.165) is 31.6 Å². The van der Waals surface area contributed by atoms with Crippen molar-refractivity contribution in [3.05, 3.63) is 34.6 Å². The van der Waals surface area contributed by atoms with Crippen molar-refractivity contribution >= 4 is 0 Å². The van der Waals surface area contributed by atoms with Gasteiger partial charge in [-0.3, -0.25) is 0 Å². The third kappa shape index (κ3) is 0.923. The van der Waals surface area contributed by atoms with E-state index in [0.29, 0.717) is 0 Å². The van der Waals surface area contributed by atoms with Gasteiger partial charge in [0, 0.05) is 6.42 Å². The average molecular weight is 175 g/mol. The Hall–Kier alpha value is -1.02. The lowest BCUT2D eigenvalue weighted by Crippen LogP contribution is -2.28. The molecule has 1 heterocycles. The normalized spacial score (nSPS) is 30.7. The van der Waals surface area contributed by atoms with Crippen molar-refractivity contribution in [2.75, 3.05) is 6.61 Å². The van der Waals surface area contributed by atoms with E-state index in [1.807, 2.05) is 0 Å². The highest BCUT2D eigenvalue weighted by Crippen LogP contribution is 2.39. The Labute approximate surface area is 77.8 Å². The maximum Gasteiger partial charge on any atom is 0.117 e. The van der Waals surface area contributed by atoms with E-state index in [4.69, 9.17) is 10.5 Å². The van der Waals surface area contributed by atoms with Crippen molar-refractivity contribution in [1.29, 1.82) is 0 Å². The van der Waals surface area contributed by atoms with Crippen LogP contribution in [0.15, 0.2) is 34.6 Å². The van der Waals surface area contributed by atoms with E-state index in [-0.39, 0.29) is 6.04 Å². The highest BCUT2D eigenvalue weighted by atomic mass is 16.5. The maximum absolute atomic E-state index is 6.11. The molecule has 68 valence electrons. The molecule has 0 spiro atoms. The van der Waals surface area contributed by atoms with Gasteiger partial charge in [0.05, 0.1) is 12.6 Å². The molecule has 2 aliphatic carbocycles. The first-order valence-corrected chi connectivity index (χ1v) is 4.85. The zero-order valence-electron chi connectivity index (χ0n) is 7.55. The van der Waals surface area contributed by atoms with Crippen molar-refractivity contribution in [2.24, 2.45) is 5.73 Å². The summed E-state index contributed by atoms with van der Waals surface area (Å²) in [6, 6.07) is 0.0278. The third-order valence-corrected chi connectivity index (χ3v) is 3.12. The Morgan fingerprint density at radius 3 is 3.23 bits per heavy atom. The molecule has 0 saturated heterocycles. The summed E-state index contributed by atoms with van der Waals surface area (Å²) >= 11 is 0. The zero-order valence-corrected chi connectivity index (χ0v) is 7.55. The summed E-state index contributed by atoms with van der Waals surface area (Å²) in [7, 11) is 0. The first kappa shape index (κ1) is 7.39. The maximum atomic E-state index is 6.11. The van der Waals surface area contributed by atoms with E-state index in [9.17, 15) is 0 Å². The van der Waals surface area contributed by atoms with Crippen LogP contribution >= 0.6 is 0 Å². The summed E-state index contributed by atoms with van der Waals surface area (Å²) in [5.74, 6) is 1.06. The number of nitrogens with two attached hydrogens (primary N) is 1. The summed E-state index contributed by atoms with van der Waals surface area (Å²) in [6.45, 7) is 0.836. The van der Waals surface area contributed by atoms with Crippen molar-refractivity contribution in [2.45, 2.75) is 25.3 Å². The molecule has 1 aliphatic heterocycles. The fourth-order valence-electron chi connectivity index (χ4n) is 2.46. The predicted molar refractivity (Wildman–Crippen MR) is 51.0 cm³/mol. The molecule has 0 fully saturated rings. The highest BCUT2D eigenvalue weighted by Gasteiger charge is 2.31. The fourth-order valence-corrected chi connectivity index (χ4v) is 2.46. The van der Waals surface area contributed by atoms with Crippen molar-refractivity contribution in [1.82, 2.24) is 0 Å². The molecule has 0 saturated carbocycles. The number of allylic oxidation sites excluding steroid dienone is 2. The molecule has 3 aliphatic rings. The molecule has 0 aromatic heterocycles. The Morgan fingerprint density at radius 2 is 2.31 bits per heavy atom. The first-order valence-electron chi connectivity index (χ1n) is 4.85. The average Bonchev–Trinajstić information content (AvgIpc) is 2.71. The fraction of sp³-hybridized carbons (Fsp3) is 0.455. The Morgan fingerprint density at radius 1 is 1.38 bits per heavy atom. The minimum Gasteiger partial charge on any atom is -0.496 e. The highest BCUT2D eigenvalue weighted by molar-refractivity contribution is 5.48. The standard InChI is InChI=1S/C11H13NO/c12-10-9-3-1-2-7(9)6-8-4-5-13-11(8)10/h1,3,10H,2,4-6,12H2. The molecule has 1 atom stereocenters. The number of hydrogen-bond donors (Lipinski definition) is 1. The van der Waals surface area contributed by atoms with Gasteiger partial charge in [0.2, 0.25) is 0 Å². The monoisotopic (exact) mass is 175 g/mol. The lowest BCUT2D eigenvalue weighted by atomic mass is 9.88. The van der Waals surface area contributed by atoms with Crippen LogP contribution in [0.5, 0.6) is 0 Å². The molecule has 1 unspecified atom stereocenters. The molecule has 2 nitrogen and oxygen atoms in total. The molecular weight excluding hydrogens is 162 g/mol. The summed E-state index contributed by atoms with van der Waals surface area (Å²) in [4.78, 5) is 0. The van der Waals surface area contributed by atoms with Gasteiger partial charge in [-0.1, -0.05) is 17.7 Å². The lowest BCUT2D eigenvalue weighted by molar-refractivity contribution is 0.230. The summed E-state index contributed by atoms with van der Waals surface area (Å²) in [6.07, 6.45) is 7.64. The summed E-state index contributed by atoms with van der Waals surface area (Å²) < 4.78 is 5.56. The molecule has 2 heteroatoms. The third-order valence-electron chi connectivity index (χ3n) is 3.12. The second kappa shape index (κ2) is 2.48. The van der Waals surface area contributed by atoms with Gasteiger partial charge in [0.15, 0.2) is 0 Å². The molecule has 13 heavy (non-hydrogen) atoms. The number of rotatable bonds is 0. The van der Waals surface area contributed by atoms with Gasteiger partial charge in [-0.25, -0.2) is 0 Å². The van der Waals surface area contributed by atoms with Crippen LogP contribution in [-0.2, 0) is 4.74 Å². The minimum atomic E-state index is 0.0278. The van der Waals surface area contributed by atoms with Gasteiger partial charge in [0.25, 0.3) is 0 Å². The summed E-state index contributed by atoms with van der Waals surface area (Å²) in [5, 5.41) is 0. The smallest absolute Gasteiger partial charge is 0.117 e. The van der Waals surface area contributed by atoms with Crippen LogP contribution in [0, 0.1) is 0 Å². The molecular formula is C11H13NO. The zero-order chi connectivity index (χ0) is 8.84. The summed E-state index contributed by atoms with van der Waals surface area (Å²) in [5.41, 5.74) is 10.4. The van der Waals surface area contributed by atoms with Crippen LogP contribution in [-0.4, -0.2) is 12.6 Å². The van der Waals surface area contributed by atoms with Crippen LogP contribution in [0.3, 0.4) is 0 Å². The van der Waals surface area contributed by atoms with Crippen molar-refractivity contribution in [3.63, 3.8) is 0 Å². The van der Waals surface area contributed by atoms with Gasteiger partial charge >= 0.3 is 0 Å². The van der Waals surface area contributed by atoms with Crippen LogP contribution < -0.4 is 5.73 Å². The molecule has 0 amide bonds. The van der Waals surface area contributed by atoms with Gasteiger partial charge in [-0.05, 0) is 24.0 Å². The first-order chi connectivity index (χ1) is 6.36. The van der Waals surface area contributed by atoms with Gasteiger partial charge in [-0.2, -0.15) is 0 Å². The Kier molecular flexibility index (Phi) is 1.41.